The first-order valence-electron chi connectivity index (χ1n) is 12.9. The number of halogens is 1. The third-order valence-corrected chi connectivity index (χ3v) is 8.92. The molecule has 1 N–H and O–H groups in total. The van der Waals surface area contributed by atoms with E-state index in [1.165, 1.54) is 25.3 Å². The third kappa shape index (κ3) is 7.39. The summed E-state index contributed by atoms with van der Waals surface area (Å²) in [5, 5.41) is 2.91. The Hall–Kier alpha value is -3.44. The highest BCUT2D eigenvalue weighted by molar-refractivity contribution is 7.89. The molecule has 40 heavy (non-hydrogen) atoms. The van der Waals surface area contributed by atoms with Crippen LogP contribution < -0.4 is 10.1 Å². The fourth-order valence-corrected chi connectivity index (χ4v) is 6.13. The number of amides is 2. The molecule has 1 heterocycles. The van der Waals surface area contributed by atoms with Gasteiger partial charge in [0.2, 0.25) is 15.9 Å². The fraction of sp³-hybridized carbons (Fsp3) is 0.310. The maximum Gasteiger partial charge on any atom is 0.253 e. The number of ether oxygens (including phenoxy) is 1. The Bertz CT molecular complexity index is 1430. The Morgan fingerprint density at radius 1 is 0.975 bits per heavy atom. The topological polar surface area (TPSA) is 99.3 Å². The molecular formula is C29H33ClN4O5S. The Morgan fingerprint density at radius 2 is 1.65 bits per heavy atom. The number of piperazine rings is 1. The monoisotopic (exact) mass is 584 g/mol. The van der Waals surface area contributed by atoms with E-state index < -0.39 is 22.5 Å². The molecule has 0 aromatic heterocycles. The minimum Gasteiger partial charge on any atom is -0.495 e. The molecular weight excluding hydrogens is 552 g/mol. The van der Waals surface area contributed by atoms with Crippen molar-refractivity contribution in [3.63, 3.8) is 0 Å². The van der Waals surface area contributed by atoms with Gasteiger partial charge in [-0.05, 0) is 61.5 Å². The highest BCUT2D eigenvalue weighted by atomic mass is 35.5. The van der Waals surface area contributed by atoms with Gasteiger partial charge >= 0.3 is 0 Å². The highest BCUT2D eigenvalue weighted by Gasteiger charge is 2.28. The lowest BCUT2D eigenvalue weighted by Crippen LogP contribution is -2.47. The zero-order valence-electron chi connectivity index (χ0n) is 22.5. The van der Waals surface area contributed by atoms with E-state index >= 15 is 0 Å². The molecule has 0 atom stereocenters. The number of nitrogens with one attached hydrogen (secondary N) is 1. The number of benzene rings is 3. The first-order chi connectivity index (χ1) is 19.2. The molecule has 0 spiro atoms. The van der Waals surface area contributed by atoms with Crippen LogP contribution in [0.5, 0.6) is 5.75 Å². The maximum atomic E-state index is 13.6. The lowest BCUT2D eigenvalue weighted by atomic mass is 10.1. The van der Waals surface area contributed by atoms with E-state index in [2.05, 4.69) is 10.2 Å². The number of carbonyl (C=O) groups excluding carboxylic acids is 2. The average Bonchev–Trinajstić information content (AvgIpc) is 2.96. The van der Waals surface area contributed by atoms with Crippen LogP contribution in [0.4, 0.5) is 5.69 Å². The van der Waals surface area contributed by atoms with Gasteiger partial charge in [0.05, 0.1) is 23.6 Å². The van der Waals surface area contributed by atoms with Gasteiger partial charge in [-0.25, -0.2) is 8.42 Å². The van der Waals surface area contributed by atoms with Gasteiger partial charge in [-0.15, -0.1) is 0 Å². The predicted octanol–water partition coefficient (Wildman–Crippen LogP) is 3.61. The first kappa shape index (κ1) is 29.5. The van der Waals surface area contributed by atoms with Crippen LogP contribution in [0, 0.1) is 0 Å². The van der Waals surface area contributed by atoms with Crippen LogP contribution in [0.1, 0.15) is 15.9 Å². The van der Waals surface area contributed by atoms with Gasteiger partial charge in [0.15, 0.2) is 0 Å². The minimum absolute atomic E-state index is 0.0362. The van der Waals surface area contributed by atoms with Crippen molar-refractivity contribution in [2.75, 3.05) is 58.7 Å². The summed E-state index contributed by atoms with van der Waals surface area (Å²) in [6, 6.07) is 20.3. The van der Waals surface area contributed by atoms with Crippen LogP contribution >= 0.6 is 11.6 Å². The number of methoxy groups -OCH3 is 1. The van der Waals surface area contributed by atoms with Crippen molar-refractivity contribution in [1.29, 1.82) is 0 Å². The molecule has 1 saturated heterocycles. The van der Waals surface area contributed by atoms with Crippen molar-refractivity contribution < 1.29 is 22.7 Å². The third-order valence-electron chi connectivity index (χ3n) is 6.78. The van der Waals surface area contributed by atoms with Crippen molar-refractivity contribution in [2.24, 2.45) is 0 Å². The number of anilines is 1. The quantitative estimate of drug-likeness (QED) is 0.391. The summed E-state index contributed by atoms with van der Waals surface area (Å²) in [5.41, 5.74) is 1.94. The summed E-state index contributed by atoms with van der Waals surface area (Å²) < 4.78 is 33.4. The van der Waals surface area contributed by atoms with Gasteiger partial charge < -0.3 is 19.9 Å². The van der Waals surface area contributed by atoms with Crippen molar-refractivity contribution in [3.8, 4) is 5.75 Å². The molecule has 212 valence electrons. The molecule has 3 aromatic rings. The SMILES string of the molecule is COc1ccc(S(=O)(=O)N(CCc2ccccc2)CC(=O)Nc2ccc(C(=O)N3CCN(C)CC3)cc2)cc1Cl. The van der Waals surface area contributed by atoms with Gasteiger partial charge in [0.25, 0.3) is 5.91 Å². The molecule has 11 heteroatoms. The maximum absolute atomic E-state index is 13.6. The van der Waals surface area contributed by atoms with E-state index in [1.54, 1.807) is 24.3 Å². The van der Waals surface area contributed by atoms with Crippen LogP contribution in [0.3, 0.4) is 0 Å². The van der Waals surface area contributed by atoms with Gasteiger partial charge in [-0.2, -0.15) is 4.31 Å². The van der Waals surface area contributed by atoms with E-state index in [4.69, 9.17) is 16.3 Å². The number of carbonyl (C=O) groups is 2. The van der Waals surface area contributed by atoms with Crippen LogP contribution in [-0.4, -0.2) is 87.8 Å². The Kier molecular flexibility index (Phi) is 9.80. The predicted molar refractivity (Wildman–Crippen MR) is 155 cm³/mol. The number of likely N-dealkylation sites (N-methyl/N-ethyl adjacent to an activating group) is 1. The Morgan fingerprint density at radius 3 is 2.27 bits per heavy atom. The van der Waals surface area contributed by atoms with Crippen molar-refractivity contribution in [3.05, 3.63) is 88.9 Å². The van der Waals surface area contributed by atoms with Crippen molar-refractivity contribution in [2.45, 2.75) is 11.3 Å². The van der Waals surface area contributed by atoms with Gasteiger partial charge in [-0.3, -0.25) is 9.59 Å². The van der Waals surface area contributed by atoms with Crippen LogP contribution in [0.2, 0.25) is 5.02 Å². The second kappa shape index (κ2) is 13.3. The summed E-state index contributed by atoms with van der Waals surface area (Å²) in [7, 11) is -0.589. The van der Waals surface area contributed by atoms with Crippen LogP contribution in [-0.2, 0) is 21.2 Å². The normalized spacial score (nSPS) is 14.2. The fourth-order valence-electron chi connectivity index (χ4n) is 4.39. The van der Waals surface area contributed by atoms with E-state index in [1.807, 2.05) is 42.3 Å². The van der Waals surface area contributed by atoms with E-state index in [0.29, 0.717) is 36.5 Å². The standard InChI is InChI=1S/C29H33ClN4O5S/c1-32-16-18-33(19-17-32)29(36)23-8-10-24(11-9-23)31-28(35)21-34(15-14-22-6-4-3-5-7-22)40(37,38)25-12-13-27(39-2)26(30)20-25/h3-13,20H,14-19,21H2,1-2H3,(H,31,35). The molecule has 1 aliphatic rings. The Labute approximate surface area is 240 Å². The van der Waals surface area contributed by atoms with E-state index in [-0.39, 0.29) is 22.4 Å². The molecule has 1 aliphatic heterocycles. The second-order valence-corrected chi connectivity index (χ2v) is 11.9. The molecule has 2 amide bonds. The summed E-state index contributed by atoms with van der Waals surface area (Å²) in [4.78, 5) is 29.8. The Balaban J connectivity index is 1.47. The molecule has 4 rings (SSSR count). The number of rotatable bonds is 10. The van der Waals surface area contributed by atoms with Crippen LogP contribution in [0.15, 0.2) is 77.7 Å². The van der Waals surface area contributed by atoms with Crippen molar-refractivity contribution in [1.82, 2.24) is 14.1 Å². The summed E-state index contributed by atoms with van der Waals surface area (Å²) >= 11 is 6.20. The summed E-state index contributed by atoms with van der Waals surface area (Å²) in [6.07, 6.45) is 0.417. The first-order valence-corrected chi connectivity index (χ1v) is 14.7. The molecule has 0 bridgehead atoms. The lowest BCUT2D eigenvalue weighted by molar-refractivity contribution is -0.116. The number of hydrogen-bond donors (Lipinski definition) is 1. The summed E-state index contributed by atoms with van der Waals surface area (Å²) in [5.74, 6) is -0.208. The molecule has 0 unspecified atom stereocenters. The molecule has 9 nitrogen and oxygen atoms in total. The molecule has 0 saturated carbocycles. The highest BCUT2D eigenvalue weighted by Crippen LogP contribution is 2.28. The zero-order valence-corrected chi connectivity index (χ0v) is 24.1. The second-order valence-electron chi connectivity index (χ2n) is 9.59. The average molecular weight is 585 g/mol. The number of sulfonamides is 1. The largest absolute Gasteiger partial charge is 0.495 e. The van der Waals surface area contributed by atoms with Crippen molar-refractivity contribution >= 4 is 39.1 Å². The summed E-state index contributed by atoms with van der Waals surface area (Å²) in [6.45, 7) is 2.67. The van der Waals surface area contributed by atoms with Gasteiger partial charge in [0.1, 0.15) is 5.75 Å². The molecule has 0 aliphatic carbocycles. The van der Waals surface area contributed by atoms with E-state index in [9.17, 15) is 18.0 Å². The number of nitrogens with zero attached hydrogens (tertiary/aromatic N) is 3. The van der Waals surface area contributed by atoms with Gasteiger partial charge in [-0.1, -0.05) is 41.9 Å². The number of hydrogen-bond acceptors (Lipinski definition) is 6. The van der Waals surface area contributed by atoms with E-state index in [0.717, 1.165) is 23.0 Å². The molecule has 0 radical (unpaired) electrons. The smallest absolute Gasteiger partial charge is 0.253 e. The van der Waals surface area contributed by atoms with Gasteiger partial charge in [0, 0.05) is 44.0 Å². The minimum atomic E-state index is -4.06. The lowest BCUT2D eigenvalue weighted by Gasteiger charge is -2.32. The zero-order chi connectivity index (χ0) is 28.7. The van der Waals surface area contributed by atoms with Crippen LogP contribution in [0.25, 0.3) is 0 Å². The molecule has 3 aromatic carbocycles. The molecule has 1 fully saturated rings.